The van der Waals surface area contributed by atoms with Crippen molar-refractivity contribution in [3.63, 3.8) is 0 Å². The van der Waals surface area contributed by atoms with Gasteiger partial charge in [0.25, 0.3) is 5.89 Å². The van der Waals surface area contributed by atoms with Gasteiger partial charge in [-0.1, -0.05) is 30.3 Å². The second-order valence-corrected chi connectivity index (χ2v) is 5.20. The van der Waals surface area contributed by atoms with Crippen LogP contribution in [0.15, 0.2) is 34.9 Å². The molecule has 0 fully saturated rings. The third-order valence-corrected chi connectivity index (χ3v) is 3.63. The summed E-state index contributed by atoms with van der Waals surface area (Å²) in [4.78, 5) is 20.8. The van der Waals surface area contributed by atoms with Crippen molar-refractivity contribution in [2.24, 2.45) is 0 Å². The van der Waals surface area contributed by atoms with Crippen molar-refractivity contribution >= 4 is 16.8 Å². The van der Waals surface area contributed by atoms with Crippen LogP contribution >= 0.6 is 0 Å². The Bertz CT molecular complexity index is 757. The van der Waals surface area contributed by atoms with Crippen LogP contribution < -0.4 is 0 Å². The van der Waals surface area contributed by atoms with Gasteiger partial charge in [0.1, 0.15) is 5.69 Å². The van der Waals surface area contributed by atoms with Crippen LogP contribution in [-0.2, 0) is 11.2 Å². The zero-order valence-electron chi connectivity index (χ0n) is 12.7. The highest BCUT2D eigenvalue weighted by atomic mass is 16.5. The third kappa shape index (κ3) is 2.86. The molecule has 0 spiro atoms. The van der Waals surface area contributed by atoms with Crippen LogP contribution in [0.1, 0.15) is 19.2 Å². The van der Waals surface area contributed by atoms with E-state index in [9.17, 15) is 4.79 Å². The summed E-state index contributed by atoms with van der Waals surface area (Å²) in [5, 5.41) is 5.08. The number of hydrogen-bond donors (Lipinski definition) is 1. The lowest BCUT2D eigenvalue weighted by atomic mass is 10.2. The van der Waals surface area contributed by atoms with Gasteiger partial charge in [0.15, 0.2) is 5.82 Å². The molecule has 0 bridgehead atoms. The number of H-pyrrole nitrogens is 1. The number of para-hydroxylation sites is 1. The summed E-state index contributed by atoms with van der Waals surface area (Å²) in [6, 6.07) is 9.97. The average molecular weight is 298 g/mol. The number of carbonyl (C=O) groups is 1. The number of likely N-dealkylation sites (N-methyl/N-ethyl adjacent to an activating group) is 1. The van der Waals surface area contributed by atoms with E-state index in [2.05, 4.69) is 15.1 Å². The van der Waals surface area contributed by atoms with E-state index in [1.54, 1.807) is 11.9 Å². The largest absolute Gasteiger partial charge is 0.351 e. The molecule has 1 aromatic carbocycles. The Kier molecular flexibility index (Phi) is 3.91. The van der Waals surface area contributed by atoms with Crippen molar-refractivity contribution in [3.8, 4) is 11.6 Å². The quantitative estimate of drug-likeness (QED) is 0.785. The second kappa shape index (κ2) is 6.01. The molecule has 2 aromatic heterocycles. The summed E-state index contributed by atoms with van der Waals surface area (Å²) in [7, 11) is 1.78. The average Bonchev–Trinajstić information content (AvgIpc) is 3.17. The van der Waals surface area contributed by atoms with E-state index >= 15 is 0 Å². The number of aromatic nitrogens is 3. The molecule has 0 saturated carbocycles. The maximum absolute atomic E-state index is 11.5. The Morgan fingerprint density at radius 1 is 1.36 bits per heavy atom. The number of fused-ring (bicyclic) bond motifs is 1. The van der Waals surface area contributed by atoms with Crippen LogP contribution in [0, 0.1) is 0 Å². The van der Waals surface area contributed by atoms with E-state index in [4.69, 9.17) is 4.52 Å². The Morgan fingerprint density at radius 2 is 2.18 bits per heavy atom. The number of carbonyl (C=O) groups excluding carboxylic acids is 1. The molecule has 2 heterocycles. The highest BCUT2D eigenvalue weighted by molar-refractivity contribution is 5.84. The van der Waals surface area contributed by atoms with Gasteiger partial charge in [0, 0.05) is 37.3 Å². The van der Waals surface area contributed by atoms with Gasteiger partial charge >= 0.3 is 0 Å². The molecule has 0 unspecified atom stereocenters. The van der Waals surface area contributed by atoms with Crippen molar-refractivity contribution < 1.29 is 9.32 Å². The lowest BCUT2D eigenvalue weighted by Crippen LogP contribution is -2.28. The predicted molar refractivity (Wildman–Crippen MR) is 83.2 cm³/mol. The van der Waals surface area contributed by atoms with E-state index in [1.807, 2.05) is 37.3 Å². The van der Waals surface area contributed by atoms with Gasteiger partial charge in [0.2, 0.25) is 5.91 Å². The molecule has 3 aromatic rings. The minimum absolute atomic E-state index is 0.110. The first kappa shape index (κ1) is 14.3. The molecule has 0 atom stereocenters. The van der Waals surface area contributed by atoms with Crippen molar-refractivity contribution in [2.75, 3.05) is 13.6 Å². The molecule has 0 saturated heterocycles. The smallest absolute Gasteiger partial charge is 0.274 e. The fraction of sp³-hybridized carbons (Fsp3) is 0.312. The number of amides is 1. The van der Waals surface area contributed by atoms with Crippen molar-refractivity contribution in [1.29, 1.82) is 0 Å². The first-order valence-electron chi connectivity index (χ1n) is 7.32. The van der Waals surface area contributed by atoms with Gasteiger partial charge < -0.3 is 14.4 Å². The molecule has 0 aliphatic rings. The Hall–Kier alpha value is -2.63. The summed E-state index contributed by atoms with van der Waals surface area (Å²) in [6.07, 6.45) is 1.08. The highest BCUT2D eigenvalue weighted by Gasteiger charge is 2.13. The van der Waals surface area contributed by atoms with Gasteiger partial charge in [-0.2, -0.15) is 4.98 Å². The molecule has 3 rings (SSSR count). The van der Waals surface area contributed by atoms with Crippen LogP contribution in [0.4, 0.5) is 0 Å². The SMILES string of the molecule is CCC(=O)N(C)CCc1noc(-c2cc3ccccc3[nH]2)n1. The molecular weight excluding hydrogens is 280 g/mol. The molecule has 0 aliphatic carbocycles. The maximum Gasteiger partial charge on any atom is 0.274 e. The number of aromatic amines is 1. The van der Waals surface area contributed by atoms with Gasteiger partial charge in [-0.3, -0.25) is 4.79 Å². The monoisotopic (exact) mass is 298 g/mol. The minimum Gasteiger partial charge on any atom is -0.351 e. The number of rotatable bonds is 5. The van der Waals surface area contributed by atoms with Crippen molar-refractivity contribution in [3.05, 3.63) is 36.2 Å². The topological polar surface area (TPSA) is 75.0 Å². The molecule has 6 nitrogen and oxygen atoms in total. The Balaban J connectivity index is 1.72. The van der Waals surface area contributed by atoms with Gasteiger partial charge in [-0.25, -0.2) is 0 Å². The number of nitrogens with one attached hydrogen (secondary N) is 1. The second-order valence-electron chi connectivity index (χ2n) is 5.20. The molecule has 1 N–H and O–H groups in total. The predicted octanol–water partition coefficient (Wildman–Crippen LogP) is 2.63. The molecule has 22 heavy (non-hydrogen) atoms. The first-order chi connectivity index (χ1) is 10.7. The van der Waals surface area contributed by atoms with Crippen molar-refractivity contribution in [1.82, 2.24) is 20.0 Å². The summed E-state index contributed by atoms with van der Waals surface area (Å²) in [5.74, 6) is 1.18. The van der Waals surface area contributed by atoms with E-state index in [1.165, 1.54) is 0 Å². The van der Waals surface area contributed by atoms with Crippen LogP contribution in [0.2, 0.25) is 0 Å². The van der Waals surface area contributed by atoms with Gasteiger partial charge in [-0.05, 0) is 12.1 Å². The normalized spacial score (nSPS) is 11.0. The standard InChI is InChI=1S/C16H18N4O2/c1-3-15(21)20(2)9-8-14-18-16(22-19-14)13-10-11-6-4-5-7-12(11)17-13/h4-7,10,17H,3,8-9H2,1-2H3. The van der Waals surface area contributed by atoms with Crippen LogP contribution in [0.5, 0.6) is 0 Å². The summed E-state index contributed by atoms with van der Waals surface area (Å²) in [5.41, 5.74) is 1.84. The zero-order chi connectivity index (χ0) is 15.5. The minimum atomic E-state index is 0.110. The van der Waals surface area contributed by atoms with Gasteiger partial charge in [-0.15, -0.1) is 0 Å². The number of nitrogens with zero attached hydrogens (tertiary/aromatic N) is 3. The van der Waals surface area contributed by atoms with Crippen molar-refractivity contribution in [2.45, 2.75) is 19.8 Å². The highest BCUT2D eigenvalue weighted by Crippen LogP contribution is 2.22. The Labute approximate surface area is 128 Å². The maximum atomic E-state index is 11.5. The first-order valence-corrected chi connectivity index (χ1v) is 7.32. The summed E-state index contributed by atoms with van der Waals surface area (Å²) >= 11 is 0. The lowest BCUT2D eigenvalue weighted by molar-refractivity contribution is -0.129. The van der Waals surface area contributed by atoms with E-state index in [0.717, 1.165) is 16.6 Å². The zero-order valence-corrected chi connectivity index (χ0v) is 12.7. The number of benzene rings is 1. The number of hydrogen-bond acceptors (Lipinski definition) is 4. The van der Waals surface area contributed by atoms with E-state index < -0.39 is 0 Å². The third-order valence-electron chi connectivity index (χ3n) is 3.63. The molecule has 6 heteroatoms. The van der Waals surface area contributed by atoms with Crippen LogP contribution in [0.25, 0.3) is 22.5 Å². The lowest BCUT2D eigenvalue weighted by Gasteiger charge is -2.14. The molecule has 0 radical (unpaired) electrons. The Morgan fingerprint density at radius 3 is 2.95 bits per heavy atom. The molecule has 0 aliphatic heterocycles. The fourth-order valence-electron chi connectivity index (χ4n) is 2.32. The molecule has 114 valence electrons. The molecule has 1 amide bonds. The van der Waals surface area contributed by atoms with E-state index in [0.29, 0.717) is 31.1 Å². The summed E-state index contributed by atoms with van der Waals surface area (Å²) in [6.45, 7) is 2.43. The van der Waals surface area contributed by atoms with Crippen LogP contribution in [0.3, 0.4) is 0 Å². The summed E-state index contributed by atoms with van der Waals surface area (Å²) < 4.78 is 5.30. The van der Waals surface area contributed by atoms with Gasteiger partial charge in [0.05, 0.1) is 0 Å². The van der Waals surface area contributed by atoms with Crippen LogP contribution in [-0.4, -0.2) is 39.5 Å². The van der Waals surface area contributed by atoms with E-state index in [-0.39, 0.29) is 5.91 Å². The molecular formula is C16H18N4O2. The fourth-order valence-corrected chi connectivity index (χ4v) is 2.32.